The van der Waals surface area contributed by atoms with E-state index in [1.54, 1.807) is 13.8 Å². The molecule has 120 valence electrons. The number of nitrogens with one attached hydrogen (secondary N) is 1. The Bertz CT molecular complexity index is 749. The lowest BCUT2D eigenvalue weighted by atomic mass is 9.97. The van der Waals surface area contributed by atoms with Gasteiger partial charge in [-0.2, -0.15) is 0 Å². The van der Waals surface area contributed by atoms with Crippen molar-refractivity contribution in [2.75, 3.05) is 6.54 Å². The van der Waals surface area contributed by atoms with E-state index < -0.39 is 10.0 Å². The monoisotopic (exact) mass is 322 g/mol. The fourth-order valence-electron chi connectivity index (χ4n) is 2.85. The maximum absolute atomic E-state index is 12.3. The molecule has 0 atom stereocenters. The number of rotatable bonds is 5. The second-order valence-corrected chi connectivity index (χ2v) is 7.38. The number of hydrogen-bond acceptors (Lipinski definition) is 4. The smallest absolute Gasteiger partial charge is 0.245 e. The van der Waals surface area contributed by atoms with Crippen molar-refractivity contribution in [1.29, 1.82) is 0 Å². The molecule has 5 nitrogen and oxygen atoms in total. The first-order valence-electron chi connectivity index (χ1n) is 7.21. The zero-order valence-electron chi connectivity index (χ0n) is 13.6. The molecule has 0 saturated heterocycles. The molecule has 0 spiro atoms. The largest absolute Gasteiger partial charge is 0.360 e. The molecule has 0 radical (unpaired) electrons. The second kappa shape index (κ2) is 6.22. The summed E-state index contributed by atoms with van der Waals surface area (Å²) in [5.41, 5.74) is 5.16. The molecule has 2 aromatic rings. The molecule has 1 N–H and O–H groups in total. The van der Waals surface area contributed by atoms with Crippen molar-refractivity contribution in [2.45, 2.75) is 45.9 Å². The Hall–Kier alpha value is -1.66. The molecule has 2 rings (SSSR count). The van der Waals surface area contributed by atoms with E-state index in [2.05, 4.69) is 42.8 Å². The minimum atomic E-state index is -3.59. The molecule has 1 aromatic heterocycles. The average Bonchev–Trinajstić information content (AvgIpc) is 2.72. The molecule has 0 fully saturated rings. The van der Waals surface area contributed by atoms with Gasteiger partial charge in [-0.25, -0.2) is 13.1 Å². The first kappa shape index (κ1) is 16.7. The van der Waals surface area contributed by atoms with Crippen molar-refractivity contribution in [2.24, 2.45) is 0 Å². The molecule has 0 aliphatic heterocycles. The van der Waals surface area contributed by atoms with E-state index in [1.165, 1.54) is 22.3 Å². The SMILES string of the molecule is Cc1cc(C)c(CCNS(=O)(=O)c2c(C)noc2C)c(C)c1. The van der Waals surface area contributed by atoms with E-state index in [0.717, 1.165) is 0 Å². The average molecular weight is 322 g/mol. The van der Waals surface area contributed by atoms with E-state index >= 15 is 0 Å². The molecule has 1 heterocycles. The van der Waals surface area contributed by atoms with Crippen molar-refractivity contribution < 1.29 is 12.9 Å². The van der Waals surface area contributed by atoms with E-state index in [9.17, 15) is 8.42 Å². The van der Waals surface area contributed by atoms with Gasteiger partial charge in [0.15, 0.2) is 5.76 Å². The summed E-state index contributed by atoms with van der Waals surface area (Å²) < 4.78 is 32.2. The fourth-order valence-corrected chi connectivity index (χ4v) is 4.20. The zero-order valence-corrected chi connectivity index (χ0v) is 14.5. The second-order valence-electron chi connectivity index (χ2n) is 5.68. The van der Waals surface area contributed by atoms with E-state index in [4.69, 9.17) is 4.52 Å². The first-order valence-corrected chi connectivity index (χ1v) is 8.70. The predicted molar refractivity (Wildman–Crippen MR) is 85.5 cm³/mol. The summed E-state index contributed by atoms with van der Waals surface area (Å²) in [6.07, 6.45) is 0.653. The highest BCUT2D eigenvalue weighted by Crippen LogP contribution is 2.19. The van der Waals surface area contributed by atoms with Crippen LogP contribution >= 0.6 is 0 Å². The van der Waals surface area contributed by atoms with Crippen LogP contribution in [0.25, 0.3) is 0 Å². The van der Waals surface area contributed by atoms with Crippen LogP contribution in [0.3, 0.4) is 0 Å². The number of aryl methyl sites for hydroxylation is 5. The van der Waals surface area contributed by atoms with Crippen LogP contribution in [0.4, 0.5) is 0 Å². The fraction of sp³-hybridized carbons (Fsp3) is 0.438. The third-order valence-corrected chi connectivity index (χ3v) is 5.45. The summed E-state index contributed by atoms with van der Waals surface area (Å²) in [5, 5.41) is 3.69. The molecule has 6 heteroatoms. The third-order valence-electron chi connectivity index (χ3n) is 3.74. The van der Waals surface area contributed by atoms with Gasteiger partial charge < -0.3 is 4.52 Å². The van der Waals surface area contributed by atoms with Crippen LogP contribution in [0, 0.1) is 34.6 Å². The minimum absolute atomic E-state index is 0.143. The molecule has 0 amide bonds. The Kier molecular flexibility index (Phi) is 4.72. The number of sulfonamides is 1. The Balaban J connectivity index is 2.12. The van der Waals surface area contributed by atoms with Crippen LogP contribution in [-0.2, 0) is 16.4 Å². The Morgan fingerprint density at radius 1 is 1.09 bits per heavy atom. The maximum Gasteiger partial charge on any atom is 0.245 e. The molecular weight excluding hydrogens is 300 g/mol. The van der Waals surface area contributed by atoms with Gasteiger partial charge in [0.2, 0.25) is 10.0 Å². The van der Waals surface area contributed by atoms with Gasteiger partial charge in [-0.05, 0) is 57.7 Å². The van der Waals surface area contributed by atoms with Crippen molar-refractivity contribution in [3.63, 3.8) is 0 Å². The molecular formula is C16H22N2O3S. The third kappa shape index (κ3) is 3.39. The van der Waals surface area contributed by atoms with Crippen molar-refractivity contribution in [3.8, 4) is 0 Å². The van der Waals surface area contributed by atoms with Gasteiger partial charge in [-0.3, -0.25) is 0 Å². The summed E-state index contributed by atoms with van der Waals surface area (Å²) in [4.78, 5) is 0.143. The molecule has 0 saturated carbocycles. The highest BCUT2D eigenvalue weighted by Gasteiger charge is 2.23. The Labute approximate surface area is 131 Å². The zero-order chi connectivity index (χ0) is 16.5. The van der Waals surface area contributed by atoms with Crippen LogP contribution in [0.15, 0.2) is 21.6 Å². The Morgan fingerprint density at radius 2 is 1.68 bits per heavy atom. The predicted octanol–water partition coefficient (Wildman–Crippen LogP) is 2.74. The minimum Gasteiger partial charge on any atom is -0.360 e. The summed E-state index contributed by atoms with van der Waals surface area (Å²) in [6, 6.07) is 4.23. The van der Waals surface area contributed by atoms with E-state index in [0.29, 0.717) is 24.4 Å². The number of nitrogens with zero attached hydrogens (tertiary/aromatic N) is 1. The molecule has 22 heavy (non-hydrogen) atoms. The quantitative estimate of drug-likeness (QED) is 0.918. The molecule has 0 bridgehead atoms. The van der Waals surface area contributed by atoms with Gasteiger partial charge in [-0.1, -0.05) is 22.9 Å². The summed E-state index contributed by atoms with van der Waals surface area (Å²) in [7, 11) is -3.59. The van der Waals surface area contributed by atoms with E-state index in [1.807, 2.05) is 0 Å². The van der Waals surface area contributed by atoms with Gasteiger partial charge in [0.05, 0.1) is 0 Å². The lowest BCUT2D eigenvalue weighted by Crippen LogP contribution is -2.27. The molecule has 0 aliphatic carbocycles. The van der Waals surface area contributed by atoms with Crippen molar-refractivity contribution in [3.05, 3.63) is 45.8 Å². The first-order chi connectivity index (χ1) is 10.2. The summed E-state index contributed by atoms with van der Waals surface area (Å²) in [5.74, 6) is 0.313. The molecule has 0 unspecified atom stereocenters. The standard InChI is InChI=1S/C16H22N2O3S/c1-10-8-11(2)15(12(3)9-10)6-7-17-22(19,20)16-13(4)18-21-14(16)5/h8-9,17H,6-7H2,1-5H3. The van der Waals surface area contributed by atoms with Gasteiger partial charge in [-0.15, -0.1) is 0 Å². The van der Waals surface area contributed by atoms with Crippen molar-refractivity contribution in [1.82, 2.24) is 9.88 Å². The van der Waals surface area contributed by atoms with Crippen LogP contribution in [0.5, 0.6) is 0 Å². The lowest BCUT2D eigenvalue weighted by Gasteiger charge is -2.12. The topological polar surface area (TPSA) is 72.2 Å². The van der Waals surface area contributed by atoms with Crippen LogP contribution < -0.4 is 4.72 Å². The van der Waals surface area contributed by atoms with Crippen LogP contribution in [-0.4, -0.2) is 20.1 Å². The highest BCUT2D eigenvalue weighted by atomic mass is 32.2. The summed E-state index contributed by atoms with van der Waals surface area (Å²) >= 11 is 0. The molecule has 0 aliphatic rings. The maximum atomic E-state index is 12.3. The number of benzene rings is 1. The summed E-state index contributed by atoms with van der Waals surface area (Å²) in [6.45, 7) is 9.74. The van der Waals surface area contributed by atoms with Gasteiger partial charge in [0.25, 0.3) is 0 Å². The van der Waals surface area contributed by atoms with Crippen LogP contribution in [0.2, 0.25) is 0 Å². The van der Waals surface area contributed by atoms with Gasteiger partial charge in [0, 0.05) is 6.54 Å². The molecule has 1 aromatic carbocycles. The Morgan fingerprint density at radius 3 is 2.18 bits per heavy atom. The van der Waals surface area contributed by atoms with E-state index in [-0.39, 0.29) is 4.90 Å². The van der Waals surface area contributed by atoms with Gasteiger partial charge in [0.1, 0.15) is 10.6 Å². The lowest BCUT2D eigenvalue weighted by molar-refractivity contribution is 0.390. The normalized spacial score (nSPS) is 11.9. The highest BCUT2D eigenvalue weighted by molar-refractivity contribution is 7.89. The van der Waals surface area contributed by atoms with Crippen molar-refractivity contribution >= 4 is 10.0 Å². The number of aromatic nitrogens is 1. The van der Waals surface area contributed by atoms with Gasteiger partial charge >= 0.3 is 0 Å². The number of hydrogen-bond donors (Lipinski definition) is 1. The van der Waals surface area contributed by atoms with Crippen LogP contribution in [0.1, 0.15) is 33.7 Å².